The van der Waals surface area contributed by atoms with Gasteiger partial charge in [0.15, 0.2) is 0 Å². The Balaban J connectivity index is 2.66. The molecule has 1 aromatic rings. The molecule has 0 saturated heterocycles. The van der Waals surface area contributed by atoms with Crippen LogP contribution in [0, 0.1) is 6.92 Å². The number of hydrogen-bond donors (Lipinski definition) is 2. The number of pyridine rings is 1. The zero-order valence-electron chi connectivity index (χ0n) is 9.03. The Bertz CT molecular complexity index is 339. The lowest BCUT2D eigenvalue weighted by Gasteiger charge is -2.17. The first kappa shape index (κ1) is 11.5. The van der Waals surface area contributed by atoms with Crippen molar-refractivity contribution in [2.24, 2.45) is 0 Å². The maximum Gasteiger partial charge on any atom is 0.305 e. The topological polar surface area (TPSA) is 62.2 Å². The van der Waals surface area contributed by atoms with Crippen molar-refractivity contribution >= 4 is 11.7 Å². The summed E-state index contributed by atoms with van der Waals surface area (Å²) in [5, 5.41) is 11.9. The van der Waals surface area contributed by atoms with Gasteiger partial charge >= 0.3 is 5.97 Å². The van der Waals surface area contributed by atoms with E-state index in [0.29, 0.717) is 0 Å². The molecule has 1 atom stereocenters. The van der Waals surface area contributed by atoms with Crippen LogP contribution in [0.2, 0.25) is 0 Å². The Hall–Kier alpha value is -1.58. The van der Waals surface area contributed by atoms with Crippen LogP contribution in [-0.4, -0.2) is 22.1 Å². The highest BCUT2D eigenvalue weighted by Crippen LogP contribution is 2.15. The van der Waals surface area contributed by atoms with E-state index in [4.69, 9.17) is 5.11 Å². The molecule has 82 valence electrons. The molecule has 2 N–H and O–H groups in total. The van der Waals surface area contributed by atoms with Crippen molar-refractivity contribution in [2.45, 2.75) is 32.7 Å². The first-order chi connectivity index (χ1) is 7.13. The fraction of sp³-hybridized carbons (Fsp3) is 0.455. The highest BCUT2D eigenvalue weighted by Gasteiger charge is 2.11. The summed E-state index contributed by atoms with van der Waals surface area (Å²) >= 11 is 0. The van der Waals surface area contributed by atoms with Gasteiger partial charge in [0.2, 0.25) is 0 Å². The minimum atomic E-state index is -0.777. The Kier molecular flexibility index (Phi) is 4.09. The highest BCUT2D eigenvalue weighted by atomic mass is 16.4. The molecule has 4 heteroatoms. The van der Waals surface area contributed by atoms with Gasteiger partial charge in [-0.05, 0) is 25.0 Å². The quantitative estimate of drug-likeness (QED) is 0.777. The Labute approximate surface area is 89.3 Å². The highest BCUT2D eigenvalue weighted by molar-refractivity contribution is 5.68. The number of carboxylic acid groups (broad SMARTS) is 1. The van der Waals surface area contributed by atoms with E-state index < -0.39 is 5.97 Å². The van der Waals surface area contributed by atoms with Crippen molar-refractivity contribution in [3.05, 3.63) is 24.0 Å². The van der Waals surface area contributed by atoms with Crippen molar-refractivity contribution in [3.8, 4) is 0 Å². The third kappa shape index (κ3) is 3.58. The van der Waals surface area contributed by atoms with Crippen LogP contribution >= 0.6 is 0 Å². The maximum absolute atomic E-state index is 10.6. The molecule has 0 bridgehead atoms. The summed E-state index contributed by atoms with van der Waals surface area (Å²) in [4.78, 5) is 14.6. The van der Waals surface area contributed by atoms with E-state index in [2.05, 4.69) is 10.3 Å². The predicted octanol–water partition coefficient (Wildman–Crippen LogP) is 2.06. The van der Waals surface area contributed by atoms with Crippen LogP contribution in [-0.2, 0) is 4.79 Å². The fourth-order valence-corrected chi connectivity index (χ4v) is 1.36. The van der Waals surface area contributed by atoms with Crippen LogP contribution in [0.15, 0.2) is 18.5 Å². The first-order valence-electron chi connectivity index (χ1n) is 5.02. The second-order valence-corrected chi connectivity index (χ2v) is 3.54. The molecule has 0 spiro atoms. The third-order valence-corrected chi connectivity index (χ3v) is 2.29. The molecule has 0 amide bonds. The van der Waals surface area contributed by atoms with Gasteiger partial charge in [0.05, 0.1) is 6.42 Å². The monoisotopic (exact) mass is 208 g/mol. The molecule has 0 aliphatic heterocycles. The van der Waals surface area contributed by atoms with Crippen molar-refractivity contribution < 1.29 is 9.90 Å². The summed E-state index contributed by atoms with van der Waals surface area (Å²) in [6.45, 7) is 3.92. The number of rotatable bonds is 5. The van der Waals surface area contributed by atoms with Gasteiger partial charge in [0, 0.05) is 24.1 Å². The third-order valence-electron chi connectivity index (χ3n) is 2.29. The van der Waals surface area contributed by atoms with Gasteiger partial charge in [-0.3, -0.25) is 9.78 Å². The molecule has 0 fully saturated rings. The number of nitrogens with one attached hydrogen (secondary N) is 1. The molecular weight excluding hydrogens is 192 g/mol. The number of carboxylic acids is 1. The lowest BCUT2D eigenvalue weighted by atomic mass is 10.1. The average molecular weight is 208 g/mol. The van der Waals surface area contributed by atoms with Crippen molar-refractivity contribution in [3.63, 3.8) is 0 Å². The summed E-state index contributed by atoms with van der Waals surface area (Å²) in [6, 6.07) is 1.84. The molecule has 0 saturated carbocycles. The maximum atomic E-state index is 10.6. The number of nitrogens with zero attached hydrogens (tertiary/aromatic N) is 1. The van der Waals surface area contributed by atoms with Crippen LogP contribution in [0.5, 0.6) is 0 Å². The molecule has 1 unspecified atom stereocenters. The summed E-state index contributed by atoms with van der Waals surface area (Å²) in [6.07, 6.45) is 4.38. The van der Waals surface area contributed by atoms with E-state index in [1.807, 2.05) is 19.9 Å². The van der Waals surface area contributed by atoms with Gasteiger partial charge in [-0.1, -0.05) is 6.92 Å². The molecule has 1 rings (SSSR count). The van der Waals surface area contributed by atoms with Gasteiger partial charge in [0.1, 0.15) is 0 Å². The number of hydrogen-bond acceptors (Lipinski definition) is 3. The van der Waals surface area contributed by atoms with Gasteiger partial charge in [-0.2, -0.15) is 0 Å². The normalized spacial score (nSPS) is 12.1. The van der Waals surface area contributed by atoms with Crippen LogP contribution in [0.4, 0.5) is 5.69 Å². The Morgan fingerprint density at radius 3 is 2.93 bits per heavy atom. The SMILES string of the molecule is CCC(CC(=O)O)Nc1ccncc1C. The molecular formula is C11H16N2O2. The summed E-state index contributed by atoms with van der Waals surface area (Å²) in [7, 11) is 0. The van der Waals surface area contributed by atoms with Crippen LogP contribution in [0.3, 0.4) is 0 Å². The second-order valence-electron chi connectivity index (χ2n) is 3.54. The van der Waals surface area contributed by atoms with E-state index in [9.17, 15) is 4.79 Å². The number of carbonyl (C=O) groups is 1. The minimum absolute atomic E-state index is 0.0244. The lowest BCUT2D eigenvalue weighted by Crippen LogP contribution is -2.22. The van der Waals surface area contributed by atoms with Crippen molar-refractivity contribution in [1.29, 1.82) is 0 Å². The number of aromatic nitrogens is 1. The van der Waals surface area contributed by atoms with Crippen LogP contribution in [0.1, 0.15) is 25.3 Å². The smallest absolute Gasteiger partial charge is 0.305 e. The number of aryl methyl sites for hydroxylation is 1. The largest absolute Gasteiger partial charge is 0.481 e. The molecule has 1 aromatic heterocycles. The van der Waals surface area contributed by atoms with Crippen LogP contribution < -0.4 is 5.32 Å². The Morgan fingerprint density at radius 2 is 2.40 bits per heavy atom. The van der Waals surface area contributed by atoms with Gasteiger partial charge in [-0.15, -0.1) is 0 Å². The van der Waals surface area contributed by atoms with Crippen LogP contribution in [0.25, 0.3) is 0 Å². The summed E-state index contributed by atoms with van der Waals surface area (Å²) in [5.74, 6) is -0.777. The predicted molar refractivity (Wildman–Crippen MR) is 58.9 cm³/mol. The standard InChI is InChI=1S/C11H16N2O2/c1-3-9(6-11(14)15)13-10-4-5-12-7-8(10)2/h4-5,7,9H,3,6H2,1-2H3,(H,12,13)(H,14,15). The van der Waals surface area contributed by atoms with E-state index >= 15 is 0 Å². The molecule has 1 heterocycles. The van der Waals surface area contributed by atoms with E-state index in [0.717, 1.165) is 17.7 Å². The lowest BCUT2D eigenvalue weighted by molar-refractivity contribution is -0.137. The molecule has 0 aromatic carbocycles. The molecule has 0 aliphatic carbocycles. The average Bonchev–Trinajstić information content (AvgIpc) is 2.19. The molecule has 0 radical (unpaired) electrons. The summed E-state index contributed by atoms with van der Waals surface area (Å²) in [5.41, 5.74) is 1.99. The molecule has 15 heavy (non-hydrogen) atoms. The molecule has 0 aliphatic rings. The number of anilines is 1. The summed E-state index contributed by atoms with van der Waals surface area (Å²) < 4.78 is 0. The zero-order valence-corrected chi connectivity index (χ0v) is 9.03. The van der Waals surface area contributed by atoms with Gasteiger partial charge in [-0.25, -0.2) is 0 Å². The van der Waals surface area contributed by atoms with E-state index in [1.165, 1.54) is 0 Å². The second kappa shape index (κ2) is 5.34. The fourth-order valence-electron chi connectivity index (χ4n) is 1.36. The van der Waals surface area contributed by atoms with E-state index in [1.54, 1.807) is 12.4 Å². The first-order valence-corrected chi connectivity index (χ1v) is 5.02. The minimum Gasteiger partial charge on any atom is -0.481 e. The van der Waals surface area contributed by atoms with Crippen molar-refractivity contribution in [2.75, 3.05) is 5.32 Å². The van der Waals surface area contributed by atoms with Gasteiger partial charge in [0.25, 0.3) is 0 Å². The van der Waals surface area contributed by atoms with Crippen molar-refractivity contribution in [1.82, 2.24) is 4.98 Å². The van der Waals surface area contributed by atoms with E-state index in [-0.39, 0.29) is 12.5 Å². The zero-order chi connectivity index (χ0) is 11.3. The van der Waals surface area contributed by atoms with Gasteiger partial charge < -0.3 is 10.4 Å². The number of aliphatic carboxylic acids is 1. The Morgan fingerprint density at radius 1 is 1.67 bits per heavy atom. The molecule has 4 nitrogen and oxygen atoms in total.